The van der Waals surface area contributed by atoms with E-state index in [0.29, 0.717) is 35.0 Å². The van der Waals surface area contributed by atoms with Crippen LogP contribution in [0.2, 0.25) is 10.0 Å². The number of halogens is 2. The summed E-state index contributed by atoms with van der Waals surface area (Å²) in [7, 11) is 1.49. The highest BCUT2D eigenvalue weighted by molar-refractivity contribution is 6.46. The lowest BCUT2D eigenvalue weighted by Crippen LogP contribution is -2.38. The maximum Gasteiger partial charge on any atom is 0.295 e. The second kappa shape index (κ2) is 10.4. The summed E-state index contributed by atoms with van der Waals surface area (Å²) in [6, 6.07) is 10.9. The van der Waals surface area contributed by atoms with Crippen molar-refractivity contribution in [2.45, 2.75) is 19.9 Å². The lowest BCUT2D eigenvalue weighted by molar-refractivity contribution is -0.140. The molecule has 0 bridgehead atoms. The number of likely N-dealkylation sites (tertiary alicyclic amines) is 1. The number of Topliss-reactive ketones (excluding diaryl/α,β-unsaturated/α-hetero) is 1. The standard InChI is InChI=1S/C24H26Cl2N2O4/c1-4-27(5-2)12-13-28-21(15-6-9-17(25)10-7-15)20(23(30)24(28)31)22(29)16-8-11-19(32-3)18(26)14-16/h6-11,14,21,29H,4-5,12-13H2,1-3H3/b22-20-. The highest BCUT2D eigenvalue weighted by atomic mass is 35.5. The van der Waals surface area contributed by atoms with Crippen LogP contribution < -0.4 is 4.74 Å². The van der Waals surface area contributed by atoms with E-state index in [0.717, 1.165) is 13.1 Å². The maximum atomic E-state index is 13.1. The van der Waals surface area contributed by atoms with Gasteiger partial charge in [0.1, 0.15) is 11.5 Å². The van der Waals surface area contributed by atoms with E-state index in [4.69, 9.17) is 27.9 Å². The Morgan fingerprint density at radius 3 is 2.31 bits per heavy atom. The molecular formula is C24H26Cl2N2O4. The number of rotatable bonds is 8. The number of benzene rings is 2. The van der Waals surface area contributed by atoms with Gasteiger partial charge in [-0.1, -0.05) is 49.2 Å². The molecule has 170 valence electrons. The molecule has 6 nitrogen and oxygen atoms in total. The van der Waals surface area contributed by atoms with Gasteiger partial charge in [-0.3, -0.25) is 9.59 Å². The number of hydrogen-bond donors (Lipinski definition) is 1. The van der Waals surface area contributed by atoms with Gasteiger partial charge in [0.2, 0.25) is 0 Å². The van der Waals surface area contributed by atoms with Crippen molar-refractivity contribution >= 4 is 40.7 Å². The summed E-state index contributed by atoms with van der Waals surface area (Å²) >= 11 is 12.3. The summed E-state index contributed by atoms with van der Waals surface area (Å²) in [6.45, 7) is 6.70. The van der Waals surface area contributed by atoms with Crippen LogP contribution in [0.3, 0.4) is 0 Å². The van der Waals surface area contributed by atoms with Gasteiger partial charge in [0.15, 0.2) is 0 Å². The van der Waals surface area contributed by atoms with Gasteiger partial charge in [-0.05, 0) is 49.0 Å². The number of ketones is 1. The Balaban J connectivity index is 2.10. The molecule has 1 atom stereocenters. The number of carbonyl (C=O) groups excluding carboxylic acids is 2. The van der Waals surface area contributed by atoms with Crippen molar-refractivity contribution in [1.82, 2.24) is 9.80 Å². The normalized spacial score (nSPS) is 17.9. The first kappa shape index (κ1) is 24.1. The number of likely N-dealkylation sites (N-methyl/N-ethyl adjacent to an activating group) is 1. The molecule has 1 heterocycles. The van der Waals surface area contributed by atoms with E-state index in [9.17, 15) is 14.7 Å². The van der Waals surface area contributed by atoms with Gasteiger partial charge in [-0.15, -0.1) is 0 Å². The molecule has 0 saturated carbocycles. The maximum absolute atomic E-state index is 13.1. The van der Waals surface area contributed by atoms with Gasteiger partial charge >= 0.3 is 0 Å². The summed E-state index contributed by atoms with van der Waals surface area (Å²) in [5.41, 5.74) is 1.05. The zero-order chi connectivity index (χ0) is 23.4. The lowest BCUT2D eigenvalue weighted by atomic mass is 9.95. The molecular weight excluding hydrogens is 451 g/mol. The second-order valence-corrected chi connectivity index (χ2v) is 8.26. The van der Waals surface area contributed by atoms with Crippen LogP contribution in [0.4, 0.5) is 0 Å². The Kier molecular flexibility index (Phi) is 7.82. The number of hydrogen-bond acceptors (Lipinski definition) is 5. The molecule has 2 aromatic rings. The highest BCUT2D eigenvalue weighted by Crippen LogP contribution is 2.40. The Morgan fingerprint density at radius 2 is 1.75 bits per heavy atom. The van der Waals surface area contributed by atoms with Gasteiger partial charge in [-0.25, -0.2) is 0 Å². The van der Waals surface area contributed by atoms with Crippen LogP contribution in [-0.2, 0) is 9.59 Å². The van der Waals surface area contributed by atoms with E-state index in [1.165, 1.54) is 18.1 Å². The smallest absolute Gasteiger partial charge is 0.295 e. The van der Waals surface area contributed by atoms with Crippen LogP contribution in [-0.4, -0.2) is 59.9 Å². The third kappa shape index (κ3) is 4.77. The highest BCUT2D eigenvalue weighted by Gasteiger charge is 2.46. The molecule has 1 saturated heterocycles. The summed E-state index contributed by atoms with van der Waals surface area (Å²) in [5, 5.41) is 11.9. The first-order valence-corrected chi connectivity index (χ1v) is 11.2. The van der Waals surface area contributed by atoms with Crippen molar-refractivity contribution in [1.29, 1.82) is 0 Å². The Bertz CT molecular complexity index is 1030. The minimum Gasteiger partial charge on any atom is -0.507 e. The van der Waals surface area contributed by atoms with E-state index < -0.39 is 17.7 Å². The van der Waals surface area contributed by atoms with Crippen LogP contribution in [0.5, 0.6) is 5.75 Å². The van der Waals surface area contributed by atoms with Crippen molar-refractivity contribution in [3.05, 3.63) is 69.2 Å². The first-order chi connectivity index (χ1) is 15.3. The third-order valence-electron chi connectivity index (χ3n) is 5.70. The van der Waals surface area contributed by atoms with Gasteiger partial charge in [-0.2, -0.15) is 0 Å². The number of carbonyl (C=O) groups is 2. The van der Waals surface area contributed by atoms with Crippen molar-refractivity contribution in [3.8, 4) is 5.75 Å². The fourth-order valence-corrected chi connectivity index (χ4v) is 4.24. The molecule has 0 aromatic heterocycles. The SMILES string of the molecule is CCN(CC)CCN1C(=O)C(=O)/C(=C(\O)c2ccc(OC)c(Cl)c2)C1c1ccc(Cl)cc1. The second-order valence-electron chi connectivity index (χ2n) is 7.42. The van der Waals surface area contributed by atoms with Crippen molar-refractivity contribution in [2.24, 2.45) is 0 Å². The fourth-order valence-electron chi connectivity index (χ4n) is 3.86. The fraction of sp³-hybridized carbons (Fsp3) is 0.333. The summed E-state index contributed by atoms with van der Waals surface area (Å²) < 4.78 is 5.16. The van der Waals surface area contributed by atoms with Gasteiger partial charge in [0.25, 0.3) is 11.7 Å². The van der Waals surface area contributed by atoms with E-state index in [-0.39, 0.29) is 16.4 Å². The number of aliphatic hydroxyl groups is 1. The molecule has 2 aromatic carbocycles. The summed E-state index contributed by atoms with van der Waals surface area (Å²) in [6.07, 6.45) is 0. The van der Waals surface area contributed by atoms with Gasteiger partial charge in [0, 0.05) is 23.7 Å². The molecule has 0 aliphatic carbocycles. The molecule has 1 N–H and O–H groups in total. The average molecular weight is 477 g/mol. The average Bonchev–Trinajstić information content (AvgIpc) is 3.04. The first-order valence-electron chi connectivity index (χ1n) is 10.4. The van der Waals surface area contributed by atoms with E-state index in [1.807, 2.05) is 13.8 Å². The van der Waals surface area contributed by atoms with E-state index in [1.54, 1.807) is 36.4 Å². The van der Waals surface area contributed by atoms with Crippen LogP contribution >= 0.6 is 23.2 Å². The lowest BCUT2D eigenvalue weighted by Gasteiger charge is -2.28. The summed E-state index contributed by atoms with van der Waals surface area (Å²) in [5.74, 6) is -1.21. The molecule has 1 fully saturated rings. The summed E-state index contributed by atoms with van der Waals surface area (Å²) in [4.78, 5) is 29.7. The molecule has 0 spiro atoms. The third-order valence-corrected chi connectivity index (χ3v) is 6.25. The van der Waals surface area contributed by atoms with Crippen molar-refractivity contribution in [3.63, 3.8) is 0 Å². The predicted molar refractivity (Wildman–Crippen MR) is 126 cm³/mol. The zero-order valence-electron chi connectivity index (χ0n) is 18.3. The zero-order valence-corrected chi connectivity index (χ0v) is 19.8. The number of methoxy groups -OCH3 is 1. The number of amides is 1. The van der Waals surface area contributed by atoms with Crippen LogP contribution in [0.15, 0.2) is 48.0 Å². The minimum atomic E-state index is -0.733. The molecule has 8 heteroatoms. The number of ether oxygens (including phenoxy) is 1. The monoisotopic (exact) mass is 476 g/mol. The van der Waals surface area contributed by atoms with Gasteiger partial charge in [0.05, 0.1) is 23.7 Å². The van der Waals surface area contributed by atoms with Crippen LogP contribution in [0, 0.1) is 0 Å². The van der Waals surface area contributed by atoms with Crippen molar-refractivity contribution in [2.75, 3.05) is 33.3 Å². The number of aliphatic hydroxyl groups excluding tert-OH is 1. The number of nitrogens with zero attached hydrogens (tertiary/aromatic N) is 2. The Hall–Kier alpha value is -2.54. The molecule has 1 unspecified atom stereocenters. The van der Waals surface area contributed by atoms with E-state index in [2.05, 4.69) is 4.90 Å². The van der Waals surface area contributed by atoms with Gasteiger partial charge < -0.3 is 19.6 Å². The minimum absolute atomic E-state index is 0.0260. The molecule has 0 radical (unpaired) electrons. The Labute approximate surface area is 198 Å². The quantitative estimate of drug-likeness (QED) is 0.337. The van der Waals surface area contributed by atoms with Crippen molar-refractivity contribution < 1.29 is 19.4 Å². The largest absolute Gasteiger partial charge is 0.507 e. The molecule has 1 aliphatic rings. The molecule has 32 heavy (non-hydrogen) atoms. The predicted octanol–water partition coefficient (Wildman–Crippen LogP) is 4.77. The van der Waals surface area contributed by atoms with Crippen LogP contribution in [0.25, 0.3) is 5.76 Å². The Morgan fingerprint density at radius 1 is 1.09 bits per heavy atom. The molecule has 1 amide bonds. The molecule has 3 rings (SSSR count). The topological polar surface area (TPSA) is 70.1 Å². The molecule has 1 aliphatic heterocycles. The van der Waals surface area contributed by atoms with E-state index >= 15 is 0 Å². The van der Waals surface area contributed by atoms with Crippen LogP contribution in [0.1, 0.15) is 31.0 Å².